The first kappa shape index (κ1) is 23.4. The van der Waals surface area contributed by atoms with Gasteiger partial charge in [0.1, 0.15) is 17.2 Å². The molecule has 0 saturated heterocycles. The minimum atomic E-state index is -0.756. The van der Waals surface area contributed by atoms with Crippen LogP contribution in [0.2, 0.25) is 0 Å². The Labute approximate surface area is 196 Å². The van der Waals surface area contributed by atoms with Crippen LogP contribution in [-0.2, 0) is 22.4 Å². The van der Waals surface area contributed by atoms with E-state index in [2.05, 4.69) is 15.6 Å². The van der Waals surface area contributed by atoms with Crippen molar-refractivity contribution in [2.45, 2.75) is 45.3 Å². The van der Waals surface area contributed by atoms with Crippen LogP contribution in [0.3, 0.4) is 0 Å². The maximum atomic E-state index is 13.9. The Morgan fingerprint density at radius 2 is 1.82 bits per heavy atom. The van der Waals surface area contributed by atoms with E-state index in [1.165, 1.54) is 12.1 Å². The molecular formula is C26H25F2N3O3. The number of halogens is 2. The van der Waals surface area contributed by atoms with Gasteiger partial charge in [0, 0.05) is 23.5 Å². The number of amides is 2. The van der Waals surface area contributed by atoms with E-state index in [1.54, 1.807) is 33.0 Å². The number of nitrogens with zero attached hydrogens (tertiary/aromatic N) is 1. The number of carbonyl (C=O) groups excluding carboxylic acids is 2. The van der Waals surface area contributed by atoms with Gasteiger partial charge in [-0.25, -0.2) is 13.6 Å². The molecule has 8 heteroatoms. The predicted octanol–water partition coefficient (Wildman–Crippen LogP) is 5.33. The molecule has 0 bridgehead atoms. The van der Waals surface area contributed by atoms with Gasteiger partial charge in [-0.3, -0.25) is 9.78 Å². The third kappa shape index (κ3) is 5.39. The minimum Gasteiger partial charge on any atom is -0.444 e. The number of hydrogen-bond acceptors (Lipinski definition) is 4. The van der Waals surface area contributed by atoms with Crippen molar-refractivity contribution in [1.29, 1.82) is 0 Å². The quantitative estimate of drug-likeness (QED) is 0.534. The van der Waals surface area contributed by atoms with Gasteiger partial charge in [0.05, 0.1) is 18.2 Å². The van der Waals surface area contributed by atoms with E-state index in [4.69, 9.17) is 4.74 Å². The van der Waals surface area contributed by atoms with Gasteiger partial charge in [-0.05, 0) is 68.1 Å². The van der Waals surface area contributed by atoms with Crippen molar-refractivity contribution in [3.63, 3.8) is 0 Å². The molecule has 6 nitrogen and oxygen atoms in total. The van der Waals surface area contributed by atoms with Crippen molar-refractivity contribution in [2.75, 3.05) is 5.32 Å². The molecule has 2 aromatic carbocycles. The van der Waals surface area contributed by atoms with Crippen LogP contribution in [-0.4, -0.2) is 22.6 Å². The van der Waals surface area contributed by atoms with Gasteiger partial charge in [-0.15, -0.1) is 0 Å². The lowest BCUT2D eigenvalue weighted by Crippen LogP contribution is -2.36. The van der Waals surface area contributed by atoms with Gasteiger partial charge in [-0.2, -0.15) is 0 Å². The second-order valence-electron chi connectivity index (χ2n) is 9.17. The molecule has 2 N–H and O–H groups in total. The number of fused-ring (bicyclic) bond motifs is 1. The average Bonchev–Trinajstić information content (AvgIpc) is 3.11. The van der Waals surface area contributed by atoms with Crippen LogP contribution < -0.4 is 10.6 Å². The lowest BCUT2D eigenvalue weighted by atomic mass is 9.92. The van der Waals surface area contributed by atoms with E-state index in [1.807, 2.05) is 24.3 Å². The Hall–Kier alpha value is -3.81. The summed E-state index contributed by atoms with van der Waals surface area (Å²) in [5.41, 5.74) is 3.15. The molecule has 0 aliphatic carbocycles. The van der Waals surface area contributed by atoms with Crippen LogP contribution in [0.4, 0.5) is 19.3 Å². The van der Waals surface area contributed by atoms with Crippen LogP contribution in [0.5, 0.6) is 0 Å². The molecule has 1 atom stereocenters. The van der Waals surface area contributed by atoms with Crippen molar-refractivity contribution in [2.24, 2.45) is 0 Å². The molecule has 2 heterocycles. The van der Waals surface area contributed by atoms with E-state index in [9.17, 15) is 18.4 Å². The highest BCUT2D eigenvalue weighted by molar-refractivity contribution is 6.02. The highest BCUT2D eigenvalue weighted by atomic mass is 19.1. The molecule has 1 aromatic heterocycles. The molecule has 0 spiro atoms. The first-order valence-corrected chi connectivity index (χ1v) is 10.9. The zero-order valence-electron chi connectivity index (χ0n) is 19.1. The highest BCUT2D eigenvalue weighted by Crippen LogP contribution is 2.36. The Kier molecular flexibility index (Phi) is 6.32. The lowest BCUT2D eigenvalue weighted by molar-refractivity contribution is -0.115. The third-order valence-corrected chi connectivity index (χ3v) is 5.30. The van der Waals surface area contributed by atoms with Crippen LogP contribution in [0, 0.1) is 11.6 Å². The van der Waals surface area contributed by atoms with Gasteiger partial charge < -0.3 is 15.4 Å². The SMILES string of the molecule is CC(C)(C)OC(=O)NC(Cc1cc(F)cc(F)c1)c1ncccc1-c1cccc2c1CC(=O)N2. The first-order chi connectivity index (χ1) is 16.1. The van der Waals surface area contributed by atoms with Crippen molar-refractivity contribution >= 4 is 17.7 Å². The summed E-state index contributed by atoms with van der Waals surface area (Å²) >= 11 is 0. The molecule has 1 aliphatic heterocycles. The molecule has 0 saturated carbocycles. The number of carbonyl (C=O) groups is 2. The molecule has 34 heavy (non-hydrogen) atoms. The number of alkyl carbamates (subject to hydrolysis) is 1. The number of benzene rings is 2. The number of nitrogens with one attached hydrogen (secondary N) is 2. The first-order valence-electron chi connectivity index (χ1n) is 10.9. The van der Waals surface area contributed by atoms with E-state index >= 15 is 0 Å². The number of aromatic nitrogens is 1. The standard InChI is InChI=1S/C26H25F2N3O3/c1-26(2,3)34-25(33)31-22(12-15-10-16(27)13-17(28)11-15)24-19(7-5-9-29-24)18-6-4-8-21-20(18)14-23(32)30-21/h4-11,13,22H,12,14H2,1-3H3,(H,30,32)(H,31,33). The summed E-state index contributed by atoms with van der Waals surface area (Å²) in [5, 5.41) is 5.65. The monoisotopic (exact) mass is 465 g/mol. The Bertz CT molecular complexity index is 1230. The van der Waals surface area contributed by atoms with E-state index in [0.29, 0.717) is 16.8 Å². The zero-order chi connectivity index (χ0) is 24.5. The number of anilines is 1. The minimum absolute atomic E-state index is 0.0736. The van der Waals surface area contributed by atoms with Gasteiger partial charge >= 0.3 is 6.09 Å². The molecule has 176 valence electrons. The fourth-order valence-corrected chi connectivity index (χ4v) is 4.06. The molecule has 2 amide bonds. The van der Waals surface area contributed by atoms with Crippen LogP contribution in [0.1, 0.15) is 43.6 Å². The normalized spacial score (nSPS) is 13.7. The average molecular weight is 466 g/mol. The fraction of sp³-hybridized carbons (Fsp3) is 0.269. The summed E-state index contributed by atoms with van der Waals surface area (Å²) in [6, 6.07) is 11.6. The zero-order valence-corrected chi connectivity index (χ0v) is 19.1. The molecule has 1 aliphatic rings. The van der Waals surface area contributed by atoms with E-state index in [-0.39, 0.29) is 18.7 Å². The van der Waals surface area contributed by atoms with Crippen LogP contribution in [0.25, 0.3) is 11.1 Å². The van der Waals surface area contributed by atoms with Gasteiger partial charge in [0.25, 0.3) is 0 Å². The summed E-state index contributed by atoms with van der Waals surface area (Å²) in [6.07, 6.45) is 1.20. The van der Waals surface area contributed by atoms with Gasteiger partial charge in [0.15, 0.2) is 0 Å². The van der Waals surface area contributed by atoms with Gasteiger partial charge in [-0.1, -0.05) is 18.2 Å². The Morgan fingerprint density at radius 1 is 1.12 bits per heavy atom. The Morgan fingerprint density at radius 3 is 2.53 bits per heavy atom. The molecule has 0 radical (unpaired) electrons. The van der Waals surface area contributed by atoms with Crippen molar-refractivity contribution in [1.82, 2.24) is 10.3 Å². The van der Waals surface area contributed by atoms with Crippen LogP contribution >= 0.6 is 0 Å². The summed E-state index contributed by atoms with van der Waals surface area (Å²) < 4.78 is 33.2. The molecular weight excluding hydrogens is 440 g/mol. The fourth-order valence-electron chi connectivity index (χ4n) is 4.06. The van der Waals surface area contributed by atoms with Crippen molar-refractivity contribution in [3.05, 3.63) is 83.2 Å². The lowest BCUT2D eigenvalue weighted by Gasteiger charge is -2.25. The van der Waals surface area contributed by atoms with Crippen molar-refractivity contribution in [3.8, 4) is 11.1 Å². The second-order valence-corrected chi connectivity index (χ2v) is 9.17. The molecule has 4 rings (SSSR count). The number of rotatable bonds is 5. The van der Waals surface area contributed by atoms with E-state index < -0.39 is 29.4 Å². The maximum Gasteiger partial charge on any atom is 0.408 e. The number of hydrogen-bond donors (Lipinski definition) is 2. The summed E-state index contributed by atoms with van der Waals surface area (Å²) in [5.74, 6) is -1.53. The second kappa shape index (κ2) is 9.21. The maximum absolute atomic E-state index is 13.9. The topological polar surface area (TPSA) is 80.3 Å². The molecule has 3 aromatic rings. The van der Waals surface area contributed by atoms with E-state index in [0.717, 1.165) is 22.9 Å². The molecule has 0 fully saturated rings. The Balaban J connectivity index is 1.77. The largest absolute Gasteiger partial charge is 0.444 e. The number of pyridine rings is 1. The predicted molar refractivity (Wildman–Crippen MR) is 124 cm³/mol. The highest BCUT2D eigenvalue weighted by Gasteiger charge is 2.27. The van der Waals surface area contributed by atoms with Crippen molar-refractivity contribution < 1.29 is 23.1 Å². The smallest absolute Gasteiger partial charge is 0.408 e. The molecule has 1 unspecified atom stereocenters. The summed E-state index contributed by atoms with van der Waals surface area (Å²) in [7, 11) is 0. The van der Waals surface area contributed by atoms with Gasteiger partial charge in [0.2, 0.25) is 5.91 Å². The third-order valence-electron chi connectivity index (χ3n) is 5.30. The summed E-state index contributed by atoms with van der Waals surface area (Å²) in [6.45, 7) is 5.23. The number of ether oxygens (including phenoxy) is 1. The van der Waals surface area contributed by atoms with Crippen LogP contribution in [0.15, 0.2) is 54.7 Å². The summed E-state index contributed by atoms with van der Waals surface area (Å²) in [4.78, 5) is 29.2.